The van der Waals surface area contributed by atoms with Crippen LogP contribution in [0.1, 0.15) is 24.2 Å². The fourth-order valence-electron chi connectivity index (χ4n) is 2.76. The summed E-state index contributed by atoms with van der Waals surface area (Å²) < 4.78 is 29.6. The van der Waals surface area contributed by atoms with Gasteiger partial charge in [-0.05, 0) is 54.1 Å². The van der Waals surface area contributed by atoms with Crippen LogP contribution in [0, 0.1) is 17.6 Å². The number of carbonyl (C=O) groups is 2. The summed E-state index contributed by atoms with van der Waals surface area (Å²) in [5.74, 6) is -3.77. The molecule has 0 saturated carbocycles. The van der Waals surface area contributed by atoms with Crippen LogP contribution in [0.4, 0.5) is 14.5 Å². The number of rotatable bonds is 7. The molecule has 1 atom stereocenters. The Morgan fingerprint density at radius 3 is 2.26 bits per heavy atom. The normalized spacial score (nSPS) is 11.9. The number of benzene rings is 2. The van der Waals surface area contributed by atoms with E-state index in [1.807, 2.05) is 19.2 Å². The lowest BCUT2D eigenvalue weighted by molar-refractivity contribution is -0.118. The monoisotopic (exact) mass is 445 g/mol. The topological polar surface area (TPSA) is 88.9 Å². The van der Waals surface area contributed by atoms with Gasteiger partial charge in [0.1, 0.15) is 29.6 Å². The highest BCUT2D eigenvalue weighted by Crippen LogP contribution is 2.26. The maximum atomic E-state index is 13.9. The smallest absolute Gasteiger partial charge is 0.257 e. The molecule has 3 rings (SSSR count). The third-order valence-corrected chi connectivity index (χ3v) is 5.49. The second-order valence-electron chi connectivity index (χ2n) is 7.13. The number of carbonyl (C=O) groups excluding carboxylic acids is 2. The third-order valence-electron chi connectivity index (χ3n) is 4.43. The van der Waals surface area contributed by atoms with E-state index in [1.165, 1.54) is 17.8 Å². The van der Waals surface area contributed by atoms with Gasteiger partial charge in [0.15, 0.2) is 5.16 Å². The number of hydrogen-bond donors (Lipinski definition) is 2. The Balaban J connectivity index is 1.68. The molecule has 10 heteroatoms. The van der Waals surface area contributed by atoms with Gasteiger partial charge in [-0.25, -0.2) is 8.78 Å². The lowest BCUT2D eigenvalue weighted by Gasteiger charge is -2.22. The van der Waals surface area contributed by atoms with Crippen LogP contribution in [0.5, 0.6) is 0 Å². The van der Waals surface area contributed by atoms with E-state index in [1.54, 1.807) is 36.9 Å². The largest absolute Gasteiger partial charge is 0.340 e. The van der Waals surface area contributed by atoms with Gasteiger partial charge in [-0.15, -0.1) is 10.2 Å². The first kappa shape index (κ1) is 22.4. The molecule has 1 unspecified atom stereocenters. The van der Waals surface area contributed by atoms with Crippen molar-refractivity contribution in [1.82, 2.24) is 20.1 Å². The number of hydrogen-bond acceptors (Lipinski definition) is 5. The standard InChI is InChI=1S/C21H21F2N5O2S/c1-12(2)18(26-19(29)17-15(22)5-4-6-16(17)23)20(30)25-13-7-9-14(10-8-13)31-21-27-24-11-28(21)3/h4-12,18H,1-3H3,(H,25,30)(H,26,29). The molecular weight excluding hydrogens is 424 g/mol. The predicted octanol–water partition coefficient (Wildman–Crippen LogP) is 3.64. The molecule has 0 fully saturated rings. The van der Waals surface area contributed by atoms with Gasteiger partial charge in [0.2, 0.25) is 5.91 Å². The van der Waals surface area contributed by atoms with Crippen molar-refractivity contribution in [3.63, 3.8) is 0 Å². The van der Waals surface area contributed by atoms with Gasteiger partial charge in [0, 0.05) is 17.6 Å². The number of nitrogens with one attached hydrogen (secondary N) is 2. The first-order chi connectivity index (χ1) is 14.8. The average molecular weight is 445 g/mol. The van der Waals surface area contributed by atoms with E-state index in [0.29, 0.717) is 5.69 Å². The molecular formula is C21H21F2N5O2S. The minimum atomic E-state index is -0.989. The van der Waals surface area contributed by atoms with Gasteiger partial charge in [-0.1, -0.05) is 19.9 Å². The zero-order valence-electron chi connectivity index (χ0n) is 17.1. The zero-order valence-corrected chi connectivity index (χ0v) is 17.9. The molecule has 31 heavy (non-hydrogen) atoms. The van der Waals surface area contributed by atoms with Gasteiger partial charge < -0.3 is 15.2 Å². The Morgan fingerprint density at radius 2 is 1.71 bits per heavy atom. The van der Waals surface area contributed by atoms with Gasteiger partial charge >= 0.3 is 0 Å². The van der Waals surface area contributed by atoms with Gasteiger partial charge in [-0.3, -0.25) is 9.59 Å². The van der Waals surface area contributed by atoms with Crippen LogP contribution in [0.2, 0.25) is 0 Å². The second-order valence-corrected chi connectivity index (χ2v) is 8.17. The number of anilines is 1. The van der Waals surface area contributed by atoms with Crippen molar-refractivity contribution in [2.24, 2.45) is 13.0 Å². The molecule has 0 saturated heterocycles. The summed E-state index contributed by atoms with van der Waals surface area (Å²) in [5, 5.41) is 13.7. The minimum absolute atomic E-state index is 0.315. The Kier molecular flexibility index (Phi) is 7.01. The summed E-state index contributed by atoms with van der Waals surface area (Å²) >= 11 is 1.42. The first-order valence-electron chi connectivity index (χ1n) is 9.44. The first-order valence-corrected chi connectivity index (χ1v) is 10.3. The molecule has 0 bridgehead atoms. The number of halogens is 2. The van der Waals surface area contributed by atoms with Crippen molar-refractivity contribution in [3.05, 3.63) is 66.0 Å². The molecule has 3 aromatic rings. The second kappa shape index (κ2) is 9.69. The van der Waals surface area contributed by atoms with E-state index in [2.05, 4.69) is 20.8 Å². The van der Waals surface area contributed by atoms with Crippen molar-refractivity contribution in [1.29, 1.82) is 0 Å². The van der Waals surface area contributed by atoms with Gasteiger partial charge in [0.25, 0.3) is 5.91 Å². The number of aryl methyl sites for hydroxylation is 1. The summed E-state index contributed by atoms with van der Waals surface area (Å²) in [6, 6.07) is 9.21. The van der Waals surface area contributed by atoms with Crippen molar-refractivity contribution in [2.45, 2.75) is 29.9 Å². The molecule has 0 aliphatic carbocycles. The average Bonchev–Trinajstić information content (AvgIpc) is 3.11. The SMILES string of the molecule is CC(C)C(NC(=O)c1c(F)cccc1F)C(=O)Nc1ccc(Sc2nncn2C)cc1. The molecule has 0 aliphatic rings. The molecule has 0 radical (unpaired) electrons. The van der Waals surface area contributed by atoms with E-state index in [9.17, 15) is 18.4 Å². The van der Waals surface area contributed by atoms with Crippen LogP contribution in [-0.2, 0) is 11.8 Å². The predicted molar refractivity (Wildman–Crippen MR) is 113 cm³/mol. The summed E-state index contributed by atoms with van der Waals surface area (Å²) in [7, 11) is 1.84. The van der Waals surface area contributed by atoms with E-state index >= 15 is 0 Å². The highest BCUT2D eigenvalue weighted by atomic mass is 32.2. The van der Waals surface area contributed by atoms with Crippen molar-refractivity contribution in [3.8, 4) is 0 Å². The lowest BCUT2D eigenvalue weighted by atomic mass is 10.0. The van der Waals surface area contributed by atoms with Crippen molar-refractivity contribution < 1.29 is 18.4 Å². The summed E-state index contributed by atoms with van der Waals surface area (Å²) in [6.07, 6.45) is 1.60. The van der Waals surface area contributed by atoms with Crippen LogP contribution >= 0.6 is 11.8 Å². The molecule has 2 amide bonds. The maximum absolute atomic E-state index is 13.9. The minimum Gasteiger partial charge on any atom is -0.340 e. The molecule has 2 N–H and O–H groups in total. The fraction of sp³-hybridized carbons (Fsp3) is 0.238. The Hall–Kier alpha value is -3.27. The van der Waals surface area contributed by atoms with Crippen LogP contribution in [-0.4, -0.2) is 32.6 Å². The molecule has 0 aliphatic heterocycles. The third kappa shape index (κ3) is 5.46. The van der Waals surface area contributed by atoms with Crippen LogP contribution in [0.15, 0.2) is 58.8 Å². The van der Waals surface area contributed by atoms with Crippen LogP contribution in [0.25, 0.3) is 0 Å². The Labute approximate surface area is 182 Å². The van der Waals surface area contributed by atoms with Crippen LogP contribution in [0.3, 0.4) is 0 Å². The zero-order chi connectivity index (χ0) is 22.5. The highest BCUT2D eigenvalue weighted by molar-refractivity contribution is 7.99. The van der Waals surface area contributed by atoms with Crippen molar-refractivity contribution in [2.75, 3.05) is 5.32 Å². The Bertz CT molecular complexity index is 1070. The fourth-order valence-corrected chi connectivity index (χ4v) is 3.52. The summed E-state index contributed by atoms with van der Waals surface area (Å²) in [5.41, 5.74) is -0.199. The molecule has 2 aromatic carbocycles. The van der Waals surface area contributed by atoms with E-state index in [4.69, 9.17) is 0 Å². The summed E-state index contributed by atoms with van der Waals surface area (Å²) in [4.78, 5) is 26.0. The lowest BCUT2D eigenvalue weighted by Crippen LogP contribution is -2.47. The molecule has 1 aromatic heterocycles. The van der Waals surface area contributed by atoms with E-state index < -0.39 is 35.1 Å². The number of nitrogens with zero attached hydrogens (tertiary/aromatic N) is 3. The number of amides is 2. The molecule has 0 spiro atoms. The molecule has 162 valence electrons. The summed E-state index contributed by atoms with van der Waals surface area (Å²) in [6.45, 7) is 3.45. The maximum Gasteiger partial charge on any atom is 0.257 e. The van der Waals surface area contributed by atoms with Gasteiger partial charge in [0.05, 0.1) is 0 Å². The van der Waals surface area contributed by atoms with Crippen LogP contribution < -0.4 is 10.6 Å². The Morgan fingerprint density at radius 1 is 1.06 bits per heavy atom. The van der Waals surface area contributed by atoms with Gasteiger partial charge in [-0.2, -0.15) is 0 Å². The van der Waals surface area contributed by atoms with E-state index in [-0.39, 0.29) is 5.92 Å². The molecule has 1 heterocycles. The quantitative estimate of drug-likeness (QED) is 0.580. The molecule has 7 nitrogen and oxygen atoms in total. The highest BCUT2D eigenvalue weighted by Gasteiger charge is 2.27. The van der Waals surface area contributed by atoms with Crippen molar-refractivity contribution >= 4 is 29.3 Å². The number of aromatic nitrogens is 3. The van der Waals surface area contributed by atoms with E-state index in [0.717, 1.165) is 22.2 Å².